The van der Waals surface area contributed by atoms with Crippen molar-refractivity contribution in [3.63, 3.8) is 0 Å². The largest absolute Gasteiger partial charge is 0.481 e. The average molecular weight is 222 g/mol. The number of carboxylic acid groups (broad SMARTS) is 1. The Morgan fingerprint density at radius 1 is 1.33 bits per heavy atom. The van der Waals surface area contributed by atoms with E-state index >= 15 is 0 Å². The van der Waals surface area contributed by atoms with E-state index in [1.54, 1.807) is 0 Å². The van der Waals surface area contributed by atoms with Gasteiger partial charge in [-0.3, -0.25) is 14.4 Å². The topological polar surface area (TPSA) is 101 Å². The van der Waals surface area contributed by atoms with Gasteiger partial charge in [0, 0.05) is 6.92 Å². The van der Waals surface area contributed by atoms with Crippen LogP contribution in [-0.2, 0) is 19.1 Å². The van der Waals surface area contributed by atoms with Crippen molar-refractivity contribution in [3.8, 4) is 0 Å². The molecule has 0 radical (unpaired) electrons. The number of aliphatic hydroxyl groups is 1. The zero-order valence-corrected chi connectivity index (χ0v) is 8.03. The maximum atomic E-state index is 12.3. The highest BCUT2D eigenvalue weighted by atomic mass is 19.1. The summed E-state index contributed by atoms with van der Waals surface area (Å²) in [6, 6.07) is 0. The maximum Gasteiger partial charge on any atom is 0.316 e. The van der Waals surface area contributed by atoms with Gasteiger partial charge < -0.3 is 14.9 Å². The summed E-state index contributed by atoms with van der Waals surface area (Å²) < 4.78 is 16.3. The van der Waals surface area contributed by atoms with Crippen LogP contribution in [0.1, 0.15) is 19.8 Å². The first-order valence-corrected chi connectivity index (χ1v) is 4.00. The molecule has 0 heterocycles. The quantitative estimate of drug-likeness (QED) is 0.486. The number of aliphatic carboxylic acids is 1. The van der Waals surface area contributed by atoms with E-state index in [4.69, 9.17) is 5.11 Å². The average Bonchev–Trinajstić information content (AvgIpc) is 2.00. The molecule has 0 aromatic rings. The van der Waals surface area contributed by atoms with Crippen LogP contribution in [0.25, 0.3) is 0 Å². The molecule has 15 heavy (non-hydrogen) atoms. The molecule has 0 aliphatic carbocycles. The lowest BCUT2D eigenvalue weighted by Gasteiger charge is -2.20. The first-order valence-electron chi connectivity index (χ1n) is 4.00. The molecular weight excluding hydrogens is 211 g/mol. The standard InChI is InChI=1S/C8H11FO6/c1-5(10)15-7(13)3-8(14,4-9)2-6(11)12/h14H,2-4H2,1H3,(H,11,12). The van der Waals surface area contributed by atoms with Gasteiger partial charge in [-0.15, -0.1) is 0 Å². The summed E-state index contributed by atoms with van der Waals surface area (Å²) in [7, 11) is 0. The molecule has 0 amide bonds. The van der Waals surface area contributed by atoms with Crippen molar-refractivity contribution in [1.82, 2.24) is 0 Å². The van der Waals surface area contributed by atoms with Crippen molar-refractivity contribution < 1.29 is 33.7 Å². The van der Waals surface area contributed by atoms with Gasteiger partial charge in [0.2, 0.25) is 0 Å². The molecule has 0 fully saturated rings. The lowest BCUT2D eigenvalue weighted by Crippen LogP contribution is -2.37. The number of carboxylic acids is 1. The molecule has 0 bridgehead atoms. The van der Waals surface area contributed by atoms with Crippen molar-refractivity contribution in [1.29, 1.82) is 0 Å². The highest BCUT2D eigenvalue weighted by molar-refractivity contribution is 5.85. The Morgan fingerprint density at radius 2 is 1.87 bits per heavy atom. The van der Waals surface area contributed by atoms with Crippen LogP contribution in [-0.4, -0.2) is 40.4 Å². The van der Waals surface area contributed by atoms with Gasteiger partial charge in [0.15, 0.2) is 0 Å². The summed E-state index contributed by atoms with van der Waals surface area (Å²) in [6.07, 6.45) is -1.81. The molecule has 0 aliphatic rings. The molecule has 0 aromatic carbocycles. The minimum absolute atomic E-state index is 0.880. The van der Waals surface area contributed by atoms with Crippen LogP contribution < -0.4 is 0 Å². The Bertz CT molecular complexity index is 276. The molecule has 0 aromatic heterocycles. The Morgan fingerprint density at radius 3 is 2.20 bits per heavy atom. The molecule has 2 N–H and O–H groups in total. The number of rotatable bonds is 5. The lowest BCUT2D eigenvalue weighted by molar-refractivity contribution is -0.162. The highest BCUT2D eigenvalue weighted by Crippen LogP contribution is 2.17. The van der Waals surface area contributed by atoms with E-state index in [2.05, 4.69) is 4.74 Å². The maximum absolute atomic E-state index is 12.3. The molecule has 86 valence electrons. The number of hydrogen-bond donors (Lipinski definition) is 2. The first kappa shape index (κ1) is 13.5. The molecule has 0 spiro atoms. The number of esters is 2. The molecule has 7 heteroatoms. The Balaban J connectivity index is 4.36. The van der Waals surface area contributed by atoms with Crippen LogP contribution in [0.2, 0.25) is 0 Å². The fraction of sp³-hybridized carbons (Fsp3) is 0.625. The summed E-state index contributed by atoms with van der Waals surface area (Å²) in [5, 5.41) is 17.6. The molecule has 0 saturated carbocycles. The highest BCUT2D eigenvalue weighted by Gasteiger charge is 2.34. The minimum Gasteiger partial charge on any atom is -0.481 e. The second-order valence-electron chi connectivity index (χ2n) is 3.07. The third-order valence-electron chi connectivity index (χ3n) is 1.46. The van der Waals surface area contributed by atoms with Crippen LogP contribution in [0.4, 0.5) is 4.39 Å². The summed E-state index contributed by atoms with van der Waals surface area (Å²) in [5.41, 5.74) is -2.32. The Labute approximate surface area is 84.6 Å². The number of carbonyl (C=O) groups excluding carboxylic acids is 2. The van der Waals surface area contributed by atoms with E-state index in [9.17, 15) is 23.9 Å². The molecule has 1 atom stereocenters. The van der Waals surface area contributed by atoms with E-state index in [0.29, 0.717) is 0 Å². The molecule has 1 unspecified atom stereocenters. The Kier molecular flexibility index (Phi) is 4.86. The summed E-state index contributed by atoms with van der Waals surface area (Å²) in [5.74, 6) is -3.52. The van der Waals surface area contributed by atoms with Crippen molar-refractivity contribution in [2.75, 3.05) is 6.67 Å². The van der Waals surface area contributed by atoms with Crippen LogP contribution >= 0.6 is 0 Å². The fourth-order valence-electron chi connectivity index (χ4n) is 0.904. The predicted octanol–water partition coefficient (Wildman–Crippen LogP) is -0.359. The summed E-state index contributed by atoms with van der Waals surface area (Å²) in [4.78, 5) is 31.4. The lowest BCUT2D eigenvalue weighted by atomic mass is 9.97. The smallest absolute Gasteiger partial charge is 0.316 e. The number of halogens is 1. The number of carbonyl (C=O) groups is 3. The third-order valence-corrected chi connectivity index (χ3v) is 1.46. The summed E-state index contributed by atoms with van der Waals surface area (Å²) >= 11 is 0. The zero-order chi connectivity index (χ0) is 12.1. The van der Waals surface area contributed by atoms with Crippen molar-refractivity contribution in [3.05, 3.63) is 0 Å². The van der Waals surface area contributed by atoms with E-state index in [1.807, 2.05) is 0 Å². The van der Waals surface area contributed by atoms with Gasteiger partial charge in [-0.2, -0.15) is 0 Å². The van der Waals surface area contributed by atoms with Gasteiger partial charge in [0.05, 0.1) is 12.8 Å². The van der Waals surface area contributed by atoms with Gasteiger partial charge in [-0.05, 0) is 0 Å². The van der Waals surface area contributed by atoms with Crippen LogP contribution in [0.15, 0.2) is 0 Å². The van der Waals surface area contributed by atoms with Crippen molar-refractivity contribution >= 4 is 17.9 Å². The Hall–Kier alpha value is -1.50. The first-order chi connectivity index (χ1) is 6.79. The van der Waals surface area contributed by atoms with E-state index in [1.165, 1.54) is 0 Å². The van der Waals surface area contributed by atoms with Gasteiger partial charge >= 0.3 is 17.9 Å². The zero-order valence-electron chi connectivity index (χ0n) is 8.03. The van der Waals surface area contributed by atoms with Crippen LogP contribution in [0.5, 0.6) is 0 Å². The molecular formula is C8H11FO6. The van der Waals surface area contributed by atoms with E-state index in [-0.39, 0.29) is 0 Å². The number of hydrogen-bond acceptors (Lipinski definition) is 5. The molecule has 6 nitrogen and oxygen atoms in total. The van der Waals surface area contributed by atoms with Gasteiger partial charge in [0.1, 0.15) is 12.3 Å². The van der Waals surface area contributed by atoms with Crippen molar-refractivity contribution in [2.45, 2.75) is 25.4 Å². The predicted molar refractivity (Wildman–Crippen MR) is 44.6 cm³/mol. The van der Waals surface area contributed by atoms with Gasteiger partial charge in [0.25, 0.3) is 0 Å². The normalized spacial score (nSPS) is 14.1. The summed E-state index contributed by atoms with van der Waals surface area (Å²) in [6.45, 7) is -0.449. The fourth-order valence-corrected chi connectivity index (χ4v) is 0.904. The van der Waals surface area contributed by atoms with Crippen molar-refractivity contribution in [2.24, 2.45) is 0 Å². The van der Waals surface area contributed by atoms with E-state index in [0.717, 1.165) is 6.92 Å². The minimum atomic E-state index is -2.32. The van der Waals surface area contributed by atoms with Crippen LogP contribution in [0.3, 0.4) is 0 Å². The second kappa shape index (κ2) is 5.40. The molecule has 0 rings (SSSR count). The second-order valence-corrected chi connectivity index (χ2v) is 3.07. The monoisotopic (exact) mass is 222 g/mol. The number of ether oxygens (including phenoxy) is 1. The van der Waals surface area contributed by atoms with Gasteiger partial charge in [-0.1, -0.05) is 0 Å². The number of alkyl halides is 1. The third kappa shape index (κ3) is 5.74. The van der Waals surface area contributed by atoms with E-state index < -0.39 is 43.0 Å². The van der Waals surface area contributed by atoms with Crippen LogP contribution in [0, 0.1) is 0 Å². The van der Waals surface area contributed by atoms with Gasteiger partial charge in [-0.25, -0.2) is 4.39 Å². The molecule has 0 saturated heterocycles. The molecule has 0 aliphatic heterocycles. The SMILES string of the molecule is CC(=O)OC(=O)CC(O)(CF)CC(=O)O.